The van der Waals surface area contributed by atoms with Crippen LogP contribution in [0.3, 0.4) is 0 Å². The Labute approximate surface area is 121 Å². The Morgan fingerprint density at radius 1 is 1.25 bits per heavy atom. The summed E-state index contributed by atoms with van der Waals surface area (Å²) in [5.74, 6) is 0. The fourth-order valence-corrected chi connectivity index (χ4v) is 3.27. The molecule has 1 aliphatic rings. The average molecular weight is 297 g/mol. The lowest BCUT2D eigenvalue weighted by molar-refractivity contribution is 0.282. The molecule has 0 saturated heterocycles. The van der Waals surface area contributed by atoms with Crippen molar-refractivity contribution >= 4 is 15.7 Å². The molecule has 0 bridgehead atoms. The Bertz CT molecular complexity index is 524. The summed E-state index contributed by atoms with van der Waals surface area (Å²) in [4.78, 5) is 2.64. The monoisotopic (exact) mass is 297 g/mol. The molecule has 0 spiro atoms. The van der Waals surface area contributed by atoms with Gasteiger partial charge in [0.15, 0.2) is 0 Å². The van der Waals surface area contributed by atoms with Crippen molar-refractivity contribution < 1.29 is 8.42 Å². The van der Waals surface area contributed by atoms with E-state index in [4.69, 9.17) is 0 Å². The van der Waals surface area contributed by atoms with Gasteiger partial charge in [0.2, 0.25) is 10.0 Å². The largest absolute Gasteiger partial charge is 0.388 e. The van der Waals surface area contributed by atoms with Gasteiger partial charge in [-0.25, -0.2) is 13.1 Å². The van der Waals surface area contributed by atoms with E-state index in [1.165, 1.54) is 12.8 Å². The van der Waals surface area contributed by atoms with Gasteiger partial charge in [-0.1, -0.05) is 6.92 Å². The van der Waals surface area contributed by atoms with E-state index < -0.39 is 10.0 Å². The normalized spacial score (nSPS) is 15.6. The third kappa shape index (κ3) is 3.94. The van der Waals surface area contributed by atoms with Crippen LogP contribution in [0.1, 0.15) is 19.8 Å². The Morgan fingerprint density at radius 2 is 1.90 bits per heavy atom. The number of hydrogen-bond acceptors (Lipinski definition) is 4. The van der Waals surface area contributed by atoms with Gasteiger partial charge in [-0.3, -0.25) is 4.90 Å². The van der Waals surface area contributed by atoms with Crippen molar-refractivity contribution in [2.24, 2.45) is 0 Å². The minimum atomic E-state index is -3.40. The summed E-state index contributed by atoms with van der Waals surface area (Å²) >= 11 is 0. The van der Waals surface area contributed by atoms with E-state index in [1.807, 2.05) is 0 Å². The van der Waals surface area contributed by atoms with Crippen LogP contribution in [0, 0.1) is 0 Å². The first-order valence-electron chi connectivity index (χ1n) is 7.08. The topological polar surface area (TPSA) is 61.4 Å². The van der Waals surface area contributed by atoms with Crippen LogP contribution >= 0.6 is 0 Å². The zero-order chi connectivity index (χ0) is 14.6. The van der Waals surface area contributed by atoms with Crippen LogP contribution in [0.2, 0.25) is 0 Å². The molecule has 0 radical (unpaired) electrons. The van der Waals surface area contributed by atoms with Gasteiger partial charge in [-0.2, -0.15) is 0 Å². The molecular formula is C14H23N3O2S. The van der Waals surface area contributed by atoms with E-state index in [2.05, 4.69) is 21.9 Å². The highest BCUT2D eigenvalue weighted by atomic mass is 32.2. The van der Waals surface area contributed by atoms with Gasteiger partial charge in [0.25, 0.3) is 0 Å². The number of hydrogen-bond donors (Lipinski definition) is 2. The number of rotatable bonds is 8. The minimum absolute atomic E-state index is 0.311. The molecule has 1 aromatic rings. The molecule has 1 aliphatic carbocycles. The van der Waals surface area contributed by atoms with E-state index in [-0.39, 0.29) is 0 Å². The van der Waals surface area contributed by atoms with Gasteiger partial charge in [0.1, 0.15) is 0 Å². The number of likely N-dealkylation sites (N-methyl/N-ethyl adjacent to an activating group) is 1. The quantitative estimate of drug-likeness (QED) is 0.763. The molecule has 20 heavy (non-hydrogen) atoms. The second-order valence-corrected chi connectivity index (χ2v) is 6.80. The molecule has 0 amide bonds. The van der Waals surface area contributed by atoms with Crippen LogP contribution in [-0.4, -0.2) is 46.0 Å². The summed E-state index contributed by atoms with van der Waals surface area (Å²) < 4.78 is 26.9. The molecule has 2 rings (SSSR count). The van der Waals surface area contributed by atoms with E-state index in [0.717, 1.165) is 18.8 Å². The standard InChI is InChI=1S/C14H23N3O2S/c1-3-17(13-6-7-13)11-10-16-20(18,19)14-8-4-12(15-2)5-9-14/h4-5,8-9,13,15-16H,3,6-7,10-11H2,1-2H3. The Balaban J connectivity index is 1.89. The fourth-order valence-electron chi connectivity index (χ4n) is 2.25. The summed E-state index contributed by atoms with van der Waals surface area (Å²) in [6.07, 6.45) is 2.48. The molecule has 1 aromatic carbocycles. The van der Waals surface area contributed by atoms with Crippen molar-refractivity contribution in [1.29, 1.82) is 0 Å². The van der Waals surface area contributed by atoms with Crippen molar-refractivity contribution in [1.82, 2.24) is 9.62 Å². The second kappa shape index (κ2) is 6.56. The summed E-state index contributed by atoms with van der Waals surface area (Å²) in [7, 11) is -1.59. The Kier molecular flexibility index (Phi) is 5.01. The lowest BCUT2D eigenvalue weighted by atomic mass is 10.3. The summed E-state index contributed by atoms with van der Waals surface area (Å²) in [6, 6.07) is 7.42. The number of sulfonamides is 1. The van der Waals surface area contributed by atoms with E-state index in [0.29, 0.717) is 17.5 Å². The SMILES string of the molecule is CCN(CCNS(=O)(=O)c1ccc(NC)cc1)C1CC1. The maximum absolute atomic E-state index is 12.1. The summed E-state index contributed by atoms with van der Waals surface area (Å²) in [6.45, 7) is 4.32. The van der Waals surface area contributed by atoms with E-state index in [9.17, 15) is 8.42 Å². The second-order valence-electron chi connectivity index (χ2n) is 5.03. The first-order valence-corrected chi connectivity index (χ1v) is 8.56. The molecule has 0 aromatic heterocycles. The van der Waals surface area contributed by atoms with Crippen LogP contribution in [0.15, 0.2) is 29.2 Å². The smallest absolute Gasteiger partial charge is 0.240 e. The van der Waals surface area contributed by atoms with Gasteiger partial charge >= 0.3 is 0 Å². The molecule has 0 aliphatic heterocycles. The van der Waals surface area contributed by atoms with Crippen molar-refractivity contribution in [2.45, 2.75) is 30.7 Å². The first-order chi connectivity index (χ1) is 9.56. The van der Waals surface area contributed by atoms with Crippen LogP contribution in [0.25, 0.3) is 0 Å². The number of benzene rings is 1. The van der Waals surface area contributed by atoms with Crippen molar-refractivity contribution in [3.63, 3.8) is 0 Å². The first kappa shape index (κ1) is 15.3. The number of nitrogens with one attached hydrogen (secondary N) is 2. The molecule has 1 fully saturated rings. The van der Waals surface area contributed by atoms with Crippen LogP contribution in [0.4, 0.5) is 5.69 Å². The summed E-state index contributed by atoms with van der Waals surface area (Å²) in [5, 5.41) is 2.97. The van der Waals surface area contributed by atoms with Crippen molar-refractivity contribution in [3.8, 4) is 0 Å². The summed E-state index contributed by atoms with van der Waals surface area (Å²) in [5.41, 5.74) is 0.898. The Hall–Kier alpha value is -1.11. The molecule has 112 valence electrons. The van der Waals surface area contributed by atoms with Crippen LogP contribution < -0.4 is 10.0 Å². The minimum Gasteiger partial charge on any atom is -0.388 e. The van der Waals surface area contributed by atoms with Crippen LogP contribution in [0.5, 0.6) is 0 Å². The zero-order valence-corrected chi connectivity index (χ0v) is 12.9. The highest BCUT2D eigenvalue weighted by Gasteiger charge is 2.27. The van der Waals surface area contributed by atoms with Gasteiger partial charge < -0.3 is 5.32 Å². The molecule has 0 unspecified atom stereocenters. The molecular weight excluding hydrogens is 274 g/mol. The molecule has 6 heteroatoms. The van der Waals surface area contributed by atoms with Gasteiger partial charge in [-0.05, 0) is 43.7 Å². The lowest BCUT2D eigenvalue weighted by Crippen LogP contribution is -2.36. The third-order valence-corrected chi connectivity index (χ3v) is 5.09. The molecule has 1 saturated carbocycles. The van der Waals surface area contributed by atoms with Gasteiger partial charge in [-0.15, -0.1) is 0 Å². The lowest BCUT2D eigenvalue weighted by Gasteiger charge is -2.19. The maximum atomic E-state index is 12.1. The average Bonchev–Trinajstić information content (AvgIpc) is 3.28. The maximum Gasteiger partial charge on any atom is 0.240 e. The molecule has 5 nitrogen and oxygen atoms in total. The van der Waals surface area contributed by atoms with E-state index in [1.54, 1.807) is 31.3 Å². The highest BCUT2D eigenvalue weighted by Crippen LogP contribution is 2.25. The van der Waals surface area contributed by atoms with Crippen LogP contribution in [-0.2, 0) is 10.0 Å². The predicted molar refractivity (Wildman–Crippen MR) is 81.4 cm³/mol. The molecule has 2 N–H and O–H groups in total. The zero-order valence-electron chi connectivity index (χ0n) is 12.1. The van der Waals surface area contributed by atoms with Crippen molar-refractivity contribution in [3.05, 3.63) is 24.3 Å². The highest BCUT2D eigenvalue weighted by molar-refractivity contribution is 7.89. The number of anilines is 1. The van der Waals surface area contributed by atoms with Crippen molar-refractivity contribution in [2.75, 3.05) is 32.0 Å². The third-order valence-electron chi connectivity index (χ3n) is 3.61. The van der Waals surface area contributed by atoms with E-state index >= 15 is 0 Å². The molecule has 0 atom stereocenters. The van der Waals surface area contributed by atoms with Gasteiger partial charge in [0.05, 0.1) is 4.90 Å². The predicted octanol–water partition coefficient (Wildman–Crippen LogP) is 1.49. The number of nitrogens with zero attached hydrogens (tertiary/aromatic N) is 1. The fraction of sp³-hybridized carbons (Fsp3) is 0.571. The van der Waals surface area contributed by atoms with Gasteiger partial charge in [0, 0.05) is 31.9 Å². The molecule has 0 heterocycles. The Morgan fingerprint density at radius 3 is 2.40 bits per heavy atom.